The van der Waals surface area contributed by atoms with Gasteiger partial charge in [0.25, 0.3) is 0 Å². The van der Waals surface area contributed by atoms with E-state index in [1.807, 2.05) is 36.0 Å². The van der Waals surface area contributed by atoms with Crippen LogP contribution in [0.4, 0.5) is 0 Å². The number of hydrogen-bond acceptors (Lipinski definition) is 4. The molecule has 5 heteroatoms. The molecule has 1 aromatic carbocycles. The average Bonchev–Trinajstić information content (AvgIpc) is 3.15. The van der Waals surface area contributed by atoms with Crippen molar-refractivity contribution in [1.82, 2.24) is 14.8 Å². The fourth-order valence-corrected chi connectivity index (χ4v) is 2.83. The molecule has 4 nitrogen and oxygen atoms in total. The number of carbonyl (C=O) groups excluding carboxylic acids is 1. The van der Waals surface area contributed by atoms with Gasteiger partial charge in [-0.2, -0.15) is 5.10 Å². The molecule has 0 saturated carbocycles. The fourth-order valence-electron chi connectivity index (χ4n) is 2.11. The lowest BCUT2D eigenvalue weighted by Crippen LogP contribution is -1.99. The molecule has 0 aliphatic carbocycles. The third-order valence-electron chi connectivity index (χ3n) is 3.24. The molecule has 0 N–H and O–H groups in total. The van der Waals surface area contributed by atoms with E-state index in [1.165, 1.54) is 16.9 Å². The molecule has 0 aliphatic heterocycles. The summed E-state index contributed by atoms with van der Waals surface area (Å²) in [6, 6.07) is 10.1. The van der Waals surface area contributed by atoms with Gasteiger partial charge in [-0.05, 0) is 24.6 Å². The van der Waals surface area contributed by atoms with Crippen molar-refractivity contribution in [1.29, 1.82) is 0 Å². The second-order valence-corrected chi connectivity index (χ2v) is 5.78. The van der Waals surface area contributed by atoms with Gasteiger partial charge < -0.3 is 0 Å². The van der Waals surface area contributed by atoms with Crippen LogP contribution in [0.3, 0.4) is 0 Å². The van der Waals surface area contributed by atoms with Crippen LogP contribution in [0.15, 0.2) is 54.3 Å². The summed E-state index contributed by atoms with van der Waals surface area (Å²) in [7, 11) is 0. The first-order chi connectivity index (χ1) is 10.7. The fraction of sp³-hybridized carbons (Fsp3) is 0.118. The zero-order chi connectivity index (χ0) is 15.4. The Balaban J connectivity index is 1.68. The second-order valence-electron chi connectivity index (χ2n) is 4.92. The van der Waals surface area contributed by atoms with Crippen LogP contribution in [0.2, 0.25) is 0 Å². The molecule has 0 spiro atoms. The summed E-state index contributed by atoms with van der Waals surface area (Å²) in [4.78, 5) is 16.8. The Bertz CT molecular complexity index is 802. The largest absolute Gasteiger partial charge is 0.288 e. The zero-order valence-electron chi connectivity index (χ0n) is 12.1. The molecule has 0 aliphatic rings. The van der Waals surface area contributed by atoms with Gasteiger partial charge in [-0.1, -0.05) is 30.3 Å². The minimum atomic E-state index is -0.0178. The first kappa shape index (κ1) is 14.4. The summed E-state index contributed by atoms with van der Waals surface area (Å²) in [6.45, 7) is 2.56. The van der Waals surface area contributed by atoms with Crippen molar-refractivity contribution in [3.63, 3.8) is 0 Å². The molecule has 110 valence electrons. The molecule has 22 heavy (non-hydrogen) atoms. The summed E-state index contributed by atoms with van der Waals surface area (Å²) in [5.74, 6) is -0.0178. The van der Waals surface area contributed by atoms with Gasteiger partial charge in [0.15, 0.2) is 5.78 Å². The number of rotatable bonds is 5. The monoisotopic (exact) mass is 309 g/mol. The van der Waals surface area contributed by atoms with Gasteiger partial charge in [0.05, 0.1) is 28.8 Å². The molecule has 0 unspecified atom stereocenters. The summed E-state index contributed by atoms with van der Waals surface area (Å²) in [5, 5.41) is 4.31. The van der Waals surface area contributed by atoms with Gasteiger partial charge in [0.1, 0.15) is 0 Å². The molecule has 3 rings (SSSR count). The maximum absolute atomic E-state index is 12.1. The number of aromatic nitrogens is 3. The smallest absolute Gasteiger partial charge is 0.197 e. The molecular formula is C17H15N3OS. The molecule has 3 aromatic rings. The molecule has 0 radical (unpaired) electrons. The average molecular weight is 309 g/mol. The minimum absolute atomic E-state index is 0.0178. The van der Waals surface area contributed by atoms with Crippen molar-refractivity contribution in [2.24, 2.45) is 0 Å². The Morgan fingerprint density at radius 1 is 1.32 bits per heavy atom. The van der Waals surface area contributed by atoms with E-state index in [2.05, 4.69) is 22.2 Å². The maximum atomic E-state index is 12.1. The zero-order valence-corrected chi connectivity index (χ0v) is 13.0. The van der Waals surface area contributed by atoms with Crippen LogP contribution < -0.4 is 0 Å². The molecular weight excluding hydrogens is 294 g/mol. The number of aryl methyl sites for hydroxylation is 1. The highest BCUT2D eigenvalue weighted by molar-refractivity contribution is 7.12. The SMILES string of the molecule is Cc1ncsc1C(=O)/C=C\c1cnn(Cc2ccccc2)c1. The lowest BCUT2D eigenvalue weighted by molar-refractivity contribution is 0.105. The van der Waals surface area contributed by atoms with E-state index in [9.17, 15) is 4.79 Å². The minimum Gasteiger partial charge on any atom is -0.288 e. The highest BCUT2D eigenvalue weighted by atomic mass is 32.1. The Morgan fingerprint density at radius 2 is 2.14 bits per heavy atom. The number of allylic oxidation sites excluding steroid dienone is 1. The van der Waals surface area contributed by atoms with Crippen LogP contribution in [0.1, 0.15) is 26.5 Å². The number of benzene rings is 1. The number of carbonyl (C=O) groups is 1. The Hall–Kier alpha value is -2.53. The number of hydrogen-bond donors (Lipinski definition) is 0. The van der Waals surface area contributed by atoms with Gasteiger partial charge in [0, 0.05) is 11.8 Å². The predicted molar refractivity (Wildman–Crippen MR) is 88.0 cm³/mol. The van der Waals surface area contributed by atoms with Crippen molar-refractivity contribution in [3.8, 4) is 0 Å². The van der Waals surface area contributed by atoms with Crippen molar-refractivity contribution >= 4 is 23.2 Å². The van der Waals surface area contributed by atoms with Crippen molar-refractivity contribution in [3.05, 3.63) is 76.0 Å². The second kappa shape index (κ2) is 6.49. The Labute approximate surface area is 132 Å². The van der Waals surface area contributed by atoms with E-state index < -0.39 is 0 Å². The first-order valence-corrected chi connectivity index (χ1v) is 7.79. The van der Waals surface area contributed by atoms with Crippen molar-refractivity contribution in [2.75, 3.05) is 0 Å². The third-order valence-corrected chi connectivity index (χ3v) is 4.18. The Morgan fingerprint density at radius 3 is 2.86 bits per heavy atom. The van der Waals surface area contributed by atoms with E-state index in [-0.39, 0.29) is 5.78 Å². The van der Waals surface area contributed by atoms with Gasteiger partial charge in [0.2, 0.25) is 0 Å². The molecule has 0 fully saturated rings. The highest BCUT2D eigenvalue weighted by Gasteiger charge is 2.08. The van der Waals surface area contributed by atoms with Gasteiger partial charge in [-0.3, -0.25) is 9.48 Å². The van der Waals surface area contributed by atoms with Crippen LogP contribution in [0.5, 0.6) is 0 Å². The van der Waals surface area contributed by atoms with Crippen molar-refractivity contribution < 1.29 is 4.79 Å². The topological polar surface area (TPSA) is 47.8 Å². The quantitative estimate of drug-likeness (QED) is 0.534. The lowest BCUT2D eigenvalue weighted by Gasteiger charge is -2.00. The standard InChI is InChI=1S/C17H15N3OS/c1-13-17(22-12-18-13)16(21)8-7-15-9-19-20(11-15)10-14-5-3-2-4-6-14/h2-9,11-12H,10H2,1H3/b8-7-. The molecule has 2 aromatic heterocycles. The van der Waals surface area contributed by atoms with E-state index in [4.69, 9.17) is 0 Å². The van der Waals surface area contributed by atoms with Crippen LogP contribution in [0.25, 0.3) is 6.08 Å². The van der Waals surface area contributed by atoms with E-state index in [0.717, 1.165) is 17.8 Å². The summed E-state index contributed by atoms with van der Waals surface area (Å²) in [6.07, 6.45) is 7.04. The molecule has 0 bridgehead atoms. The van der Waals surface area contributed by atoms with Crippen LogP contribution in [-0.2, 0) is 6.54 Å². The predicted octanol–water partition coefficient (Wildman–Crippen LogP) is 3.59. The van der Waals surface area contributed by atoms with Crippen LogP contribution in [0, 0.1) is 6.92 Å². The first-order valence-electron chi connectivity index (χ1n) is 6.91. The van der Waals surface area contributed by atoms with E-state index in [1.54, 1.807) is 23.9 Å². The lowest BCUT2D eigenvalue weighted by atomic mass is 10.2. The molecule has 0 amide bonds. The van der Waals surface area contributed by atoms with Crippen molar-refractivity contribution in [2.45, 2.75) is 13.5 Å². The molecule has 2 heterocycles. The van der Waals surface area contributed by atoms with Gasteiger partial charge in [-0.15, -0.1) is 11.3 Å². The van der Waals surface area contributed by atoms with Crippen LogP contribution >= 0.6 is 11.3 Å². The van der Waals surface area contributed by atoms with Crippen LogP contribution in [-0.4, -0.2) is 20.5 Å². The maximum Gasteiger partial charge on any atom is 0.197 e. The van der Waals surface area contributed by atoms with Gasteiger partial charge in [-0.25, -0.2) is 4.98 Å². The normalized spacial score (nSPS) is 11.1. The summed E-state index contributed by atoms with van der Waals surface area (Å²) >= 11 is 1.37. The highest BCUT2D eigenvalue weighted by Crippen LogP contribution is 2.14. The van der Waals surface area contributed by atoms with E-state index >= 15 is 0 Å². The van der Waals surface area contributed by atoms with E-state index in [0.29, 0.717) is 4.88 Å². The number of thiazole rings is 1. The summed E-state index contributed by atoms with van der Waals surface area (Å²) in [5.41, 5.74) is 4.57. The number of nitrogens with zero attached hydrogens (tertiary/aromatic N) is 3. The Kier molecular flexibility index (Phi) is 4.25. The summed E-state index contributed by atoms with van der Waals surface area (Å²) < 4.78 is 1.86. The van der Waals surface area contributed by atoms with Gasteiger partial charge >= 0.3 is 0 Å². The molecule has 0 atom stereocenters. The molecule has 0 saturated heterocycles. The number of ketones is 1. The third kappa shape index (κ3) is 3.38.